The van der Waals surface area contributed by atoms with Crippen LogP contribution in [0.2, 0.25) is 6.82 Å². The van der Waals surface area contributed by atoms with Crippen molar-refractivity contribution in [3.05, 3.63) is 257 Å². The second kappa shape index (κ2) is 26.1. The van der Waals surface area contributed by atoms with Crippen LogP contribution in [0.3, 0.4) is 0 Å². The topological polar surface area (TPSA) is 31.2 Å². The molecule has 0 saturated carbocycles. The van der Waals surface area contributed by atoms with Gasteiger partial charge in [0.1, 0.15) is 12.0 Å². The summed E-state index contributed by atoms with van der Waals surface area (Å²) in [6, 6.07) is 46.7. The molecule has 1 atom stereocenters. The molecule has 1 aromatic heterocycles. The maximum absolute atomic E-state index is 18.0. The third-order valence-electron chi connectivity index (χ3n) is 13.7. The van der Waals surface area contributed by atoms with Crippen LogP contribution >= 0.6 is 8.58 Å². The van der Waals surface area contributed by atoms with Gasteiger partial charge in [-0.05, 0) is 194 Å². The predicted octanol–water partition coefficient (Wildman–Crippen LogP) is 18.8. The summed E-state index contributed by atoms with van der Waals surface area (Å²) in [5.74, 6) is 0.714. The van der Waals surface area contributed by atoms with Crippen LogP contribution in [-0.4, -0.2) is 31.7 Å². The highest BCUT2D eigenvalue weighted by Crippen LogP contribution is 2.51. The van der Waals surface area contributed by atoms with E-state index in [4.69, 9.17) is 22.7 Å². The van der Waals surface area contributed by atoms with Crippen molar-refractivity contribution in [1.82, 2.24) is 4.48 Å². The van der Waals surface area contributed by atoms with Gasteiger partial charge >= 0.3 is 7.12 Å². The average molecular weight is 1010 g/mol. The first kappa shape index (κ1) is 56.7. The molecule has 0 saturated heterocycles. The fourth-order valence-electron chi connectivity index (χ4n) is 10.4. The molecule has 0 spiro atoms. The lowest BCUT2D eigenvalue weighted by molar-refractivity contribution is -0.106. The summed E-state index contributed by atoms with van der Waals surface area (Å²) in [5, 5.41) is 3.65. The van der Waals surface area contributed by atoms with Gasteiger partial charge in [-0.1, -0.05) is 185 Å². The lowest BCUT2D eigenvalue weighted by atomic mass is 9.78. The molecule has 0 aliphatic rings. The van der Waals surface area contributed by atoms with Gasteiger partial charge in [0.25, 0.3) is 0 Å². The molecular weight excluding hydrogens is 936 g/mol. The van der Waals surface area contributed by atoms with Crippen molar-refractivity contribution in [3.8, 4) is 39.3 Å². The van der Waals surface area contributed by atoms with Crippen LogP contribution in [0.25, 0.3) is 61.0 Å². The molecule has 7 aromatic rings. The van der Waals surface area contributed by atoms with E-state index in [1.54, 1.807) is 13.9 Å². The number of hydrogen-bond acceptors (Lipinski definition) is 2. The fraction of sp³-hybridized carbons (Fsp3) is 0.174. The van der Waals surface area contributed by atoms with Gasteiger partial charge in [0.05, 0.1) is 7.11 Å². The number of methoxy groups -OCH3 is 1. The van der Waals surface area contributed by atoms with E-state index in [0.29, 0.717) is 14.3 Å². The van der Waals surface area contributed by atoms with Gasteiger partial charge in [-0.15, -0.1) is 0 Å². The summed E-state index contributed by atoms with van der Waals surface area (Å²) in [6.45, 7) is 36.3. The van der Waals surface area contributed by atoms with Crippen molar-refractivity contribution in [3.63, 3.8) is 0 Å². The first-order chi connectivity index (χ1) is 36.1. The SMILES string of the molecule is C=C\C=C(C)/C=C(C)/C(=C(\C)C(=C)c1ccc(PC)cc1)C(/C)=C(\c1cccc(C)c1-c1ccc2ccccc2c1C)c1c(C(=C)/C=C(C)\C=C/C)c(-c2ccccc2)c(-c2ccc(OC)cc2)n1B(C)F.CC=O. The van der Waals surface area contributed by atoms with E-state index in [9.17, 15) is 0 Å². The van der Waals surface area contributed by atoms with Crippen LogP contribution in [0, 0.1) is 13.8 Å². The molecule has 0 aliphatic carbocycles. The molecule has 0 amide bonds. The van der Waals surface area contributed by atoms with Gasteiger partial charge in [0.2, 0.25) is 0 Å². The van der Waals surface area contributed by atoms with E-state index in [2.05, 4.69) is 183 Å². The summed E-state index contributed by atoms with van der Waals surface area (Å²) in [6.07, 6.45) is 13.1. The summed E-state index contributed by atoms with van der Waals surface area (Å²) in [5.41, 5.74) is 20.1. The van der Waals surface area contributed by atoms with E-state index in [1.807, 2.05) is 60.0 Å². The van der Waals surface area contributed by atoms with Gasteiger partial charge in [-0.3, -0.25) is 0 Å². The number of fused-ring (bicyclic) bond motifs is 1. The molecule has 7 rings (SSSR count). The molecule has 6 heteroatoms. The zero-order valence-corrected chi connectivity index (χ0v) is 47.1. The normalized spacial score (nSPS) is 12.8. The van der Waals surface area contributed by atoms with E-state index in [-0.39, 0.29) is 0 Å². The number of aldehydes is 1. The highest BCUT2D eigenvalue weighted by Gasteiger charge is 2.35. The van der Waals surface area contributed by atoms with Crippen molar-refractivity contribution in [2.45, 2.75) is 69.1 Å². The molecule has 1 unspecified atom stereocenters. The second-order valence-electron chi connectivity index (χ2n) is 18.9. The first-order valence-electron chi connectivity index (χ1n) is 25.6. The molecule has 380 valence electrons. The lowest BCUT2D eigenvalue weighted by Gasteiger charge is -2.26. The predicted molar refractivity (Wildman–Crippen MR) is 330 cm³/mol. The van der Waals surface area contributed by atoms with Gasteiger partial charge in [-0.2, -0.15) is 0 Å². The largest absolute Gasteiger partial charge is 0.497 e. The molecule has 0 radical (unpaired) electrons. The summed E-state index contributed by atoms with van der Waals surface area (Å²) in [4.78, 5) is 8.81. The number of carbonyl (C=O) groups is 1. The van der Waals surface area contributed by atoms with E-state index in [1.165, 1.54) is 28.6 Å². The Morgan fingerprint density at radius 3 is 2.00 bits per heavy atom. The van der Waals surface area contributed by atoms with Crippen LogP contribution in [0.15, 0.2) is 223 Å². The highest BCUT2D eigenvalue weighted by atomic mass is 31.1. The van der Waals surface area contributed by atoms with Crippen LogP contribution < -0.4 is 10.0 Å². The lowest BCUT2D eigenvalue weighted by Crippen LogP contribution is -2.20. The molecule has 0 bridgehead atoms. The molecule has 0 fully saturated rings. The zero-order chi connectivity index (χ0) is 54.5. The number of allylic oxidation sites excluding steroid dienone is 14. The second-order valence-corrected chi connectivity index (χ2v) is 19.9. The molecule has 75 heavy (non-hydrogen) atoms. The Balaban J connectivity index is 0.00000297. The minimum atomic E-state index is -1.50. The van der Waals surface area contributed by atoms with Crippen LogP contribution in [0.1, 0.15) is 82.0 Å². The Kier molecular flexibility index (Phi) is 19.7. The zero-order valence-electron chi connectivity index (χ0n) is 46.1. The van der Waals surface area contributed by atoms with Crippen molar-refractivity contribution in [2.24, 2.45) is 0 Å². The minimum Gasteiger partial charge on any atom is -0.497 e. The van der Waals surface area contributed by atoms with Crippen LogP contribution in [-0.2, 0) is 4.79 Å². The van der Waals surface area contributed by atoms with E-state index in [0.717, 1.165) is 118 Å². The number of rotatable bonds is 17. The summed E-state index contributed by atoms with van der Waals surface area (Å²) >= 11 is 0. The minimum absolute atomic E-state index is 0.684. The quantitative estimate of drug-likeness (QED) is 0.0394. The van der Waals surface area contributed by atoms with Crippen LogP contribution in [0.5, 0.6) is 5.75 Å². The smallest absolute Gasteiger partial charge is 0.462 e. The molecule has 6 aromatic carbocycles. The van der Waals surface area contributed by atoms with E-state index >= 15 is 4.32 Å². The third-order valence-corrected chi connectivity index (χ3v) is 14.6. The van der Waals surface area contributed by atoms with Crippen molar-refractivity contribution in [2.75, 3.05) is 13.8 Å². The fourth-order valence-corrected chi connectivity index (χ4v) is 10.9. The van der Waals surface area contributed by atoms with Gasteiger partial charge in [0.15, 0.2) is 0 Å². The average Bonchev–Trinajstić information content (AvgIpc) is 3.76. The Morgan fingerprint density at radius 1 is 0.733 bits per heavy atom. The summed E-state index contributed by atoms with van der Waals surface area (Å²) in [7, 11) is 0.848. The van der Waals surface area contributed by atoms with Gasteiger partial charge in [-0.25, -0.2) is 0 Å². The van der Waals surface area contributed by atoms with E-state index < -0.39 is 7.12 Å². The van der Waals surface area contributed by atoms with Crippen molar-refractivity contribution < 1.29 is 13.8 Å². The highest BCUT2D eigenvalue weighted by molar-refractivity contribution is 7.46. The van der Waals surface area contributed by atoms with Crippen molar-refractivity contribution in [1.29, 1.82) is 0 Å². The number of carbonyl (C=O) groups excluding carboxylic acids is 1. The number of aromatic nitrogens is 1. The number of nitrogens with zero attached hydrogens (tertiary/aromatic N) is 1. The number of halogens is 1. The molecule has 1 heterocycles. The van der Waals surface area contributed by atoms with Crippen molar-refractivity contribution >= 4 is 54.8 Å². The maximum Gasteiger partial charge on any atom is 0.462 e. The van der Waals surface area contributed by atoms with Gasteiger partial charge < -0.3 is 18.3 Å². The molecule has 0 N–H and O–H groups in total. The first-order valence-corrected chi connectivity index (χ1v) is 27.1. The number of aryl methyl sites for hydroxylation is 2. The third kappa shape index (κ3) is 12.5. The maximum atomic E-state index is 18.0. The molecular formula is C69H72BFNO2P. The monoisotopic (exact) mass is 1010 g/mol. The Morgan fingerprint density at radius 2 is 1.39 bits per heavy atom. The van der Waals surface area contributed by atoms with Crippen LogP contribution in [0.4, 0.5) is 4.32 Å². The number of ether oxygens (including phenoxy) is 1. The summed E-state index contributed by atoms with van der Waals surface area (Å²) < 4.78 is 25.6. The number of benzene rings is 6. The molecule has 0 aliphatic heterocycles. The Bertz CT molecular complexity index is 3450. The standard InChI is InChI=1S/C67H68BFNOP.C2H4O/c1-15-23-43(3)41-46(6)61(49(9)48(8)52-33-38-57(72-14)39-34-52)51(11)64(60-30-22-25-45(5)62(60)59-40-35-53-26-20-21-29-58(53)50(59)10)67-63(47(7)42-44(4)24-16-2)65(54-27-18-17-19-28-54)66(70(67)68(12)69)55-31-36-56(71-13)37-32-55;1-2-3/h15-42,72H,1,7-8H2,2-6,9-14H3;2H,1H3/b24-16-,43-23-,44-42-,46-41+,61-49-,64-51+;. The Hall–Kier alpha value is -7.59. The van der Waals surface area contributed by atoms with Gasteiger partial charge in [0, 0.05) is 28.1 Å². The number of hydrogen-bond donors (Lipinski definition) is 0. The molecule has 3 nitrogen and oxygen atoms in total. The Labute approximate surface area is 449 Å².